The monoisotopic (exact) mass is 494 g/mol. The molecule has 0 saturated heterocycles. The van der Waals surface area contributed by atoms with Crippen molar-refractivity contribution < 1.29 is 18.7 Å². The van der Waals surface area contributed by atoms with Crippen LogP contribution in [0, 0.1) is 12.7 Å². The van der Waals surface area contributed by atoms with Crippen LogP contribution in [0.5, 0.6) is 5.75 Å². The van der Waals surface area contributed by atoms with E-state index in [1.54, 1.807) is 12.1 Å². The van der Waals surface area contributed by atoms with Crippen LogP contribution < -0.4 is 21.1 Å². The molecule has 0 radical (unpaired) electrons. The Hall–Kier alpha value is -2.78. The molecule has 1 aromatic carbocycles. The fourth-order valence-corrected chi connectivity index (χ4v) is 4.81. The van der Waals surface area contributed by atoms with Crippen molar-refractivity contribution >= 4 is 34.0 Å². The molecule has 0 saturated carbocycles. The molecule has 0 atom stereocenters. The van der Waals surface area contributed by atoms with Crippen LogP contribution in [-0.2, 0) is 11.2 Å². The fraction of sp³-hybridized carbons (Fsp3) is 0.391. The molecular weight excluding hydrogens is 467 g/mol. The SMILES string of the molecule is COC(=O)c1nc(N2CCCC(/C(C)=C(\N)Cl)=C2N)sc1CCCOc1ccc(C)cc1F. The first-order chi connectivity index (χ1) is 15.7. The molecule has 2 aromatic rings. The van der Waals surface area contributed by atoms with E-state index in [-0.39, 0.29) is 16.6 Å². The van der Waals surface area contributed by atoms with Gasteiger partial charge in [0, 0.05) is 11.4 Å². The molecule has 0 unspecified atom stereocenters. The number of esters is 1. The predicted molar refractivity (Wildman–Crippen MR) is 129 cm³/mol. The lowest BCUT2D eigenvalue weighted by Crippen LogP contribution is -2.34. The second-order valence-corrected chi connectivity index (χ2v) is 9.21. The number of hydrogen-bond donors (Lipinski definition) is 2. The average molecular weight is 495 g/mol. The van der Waals surface area contributed by atoms with E-state index in [9.17, 15) is 9.18 Å². The summed E-state index contributed by atoms with van der Waals surface area (Å²) in [6.45, 7) is 4.60. The van der Waals surface area contributed by atoms with Gasteiger partial charge in [0.25, 0.3) is 0 Å². The zero-order chi connectivity index (χ0) is 24.1. The Bertz CT molecular complexity index is 1100. The van der Waals surface area contributed by atoms with Gasteiger partial charge in [-0.2, -0.15) is 0 Å². The minimum Gasteiger partial charge on any atom is -0.491 e. The second kappa shape index (κ2) is 10.9. The van der Waals surface area contributed by atoms with Crippen LogP contribution in [0.1, 0.15) is 47.1 Å². The van der Waals surface area contributed by atoms with Gasteiger partial charge in [-0.15, -0.1) is 11.3 Å². The van der Waals surface area contributed by atoms with Crippen LogP contribution in [0.3, 0.4) is 0 Å². The largest absolute Gasteiger partial charge is 0.491 e. The topological polar surface area (TPSA) is 104 Å². The number of anilines is 1. The predicted octanol–water partition coefficient (Wildman–Crippen LogP) is 4.59. The van der Waals surface area contributed by atoms with Crippen LogP contribution in [0.4, 0.5) is 9.52 Å². The van der Waals surface area contributed by atoms with Gasteiger partial charge in [-0.1, -0.05) is 17.7 Å². The van der Waals surface area contributed by atoms with E-state index in [2.05, 4.69) is 4.98 Å². The summed E-state index contributed by atoms with van der Waals surface area (Å²) in [4.78, 5) is 19.5. The number of halogens is 2. The highest BCUT2D eigenvalue weighted by atomic mass is 35.5. The van der Waals surface area contributed by atoms with E-state index < -0.39 is 11.8 Å². The molecule has 178 valence electrons. The van der Waals surface area contributed by atoms with Gasteiger partial charge in [-0.3, -0.25) is 0 Å². The Morgan fingerprint density at radius 1 is 1.39 bits per heavy atom. The number of aryl methyl sites for hydroxylation is 2. The molecule has 10 heteroatoms. The molecule has 0 spiro atoms. The third-order valence-corrected chi connectivity index (χ3v) is 6.83. The number of methoxy groups -OCH3 is 1. The Balaban J connectivity index is 1.77. The Kier molecular flexibility index (Phi) is 8.20. The highest BCUT2D eigenvalue weighted by Gasteiger charge is 2.26. The molecule has 0 fully saturated rings. The summed E-state index contributed by atoms with van der Waals surface area (Å²) in [6, 6.07) is 4.84. The summed E-state index contributed by atoms with van der Waals surface area (Å²) >= 11 is 7.36. The molecule has 1 aromatic heterocycles. The number of aromatic nitrogens is 1. The summed E-state index contributed by atoms with van der Waals surface area (Å²) in [5, 5.41) is 0.807. The van der Waals surface area contributed by atoms with E-state index >= 15 is 0 Å². The van der Waals surface area contributed by atoms with Gasteiger partial charge in [-0.05, 0) is 68.4 Å². The molecule has 0 aliphatic carbocycles. The zero-order valence-electron chi connectivity index (χ0n) is 18.9. The molecular formula is C23H28ClFN4O3S. The van der Waals surface area contributed by atoms with Gasteiger partial charge < -0.3 is 25.8 Å². The number of carbonyl (C=O) groups is 1. The normalized spacial score (nSPS) is 14.9. The standard InChI is InChI=1S/C23H28ClFN4O3S/c1-13-8-9-17(16(25)12-13)32-11-5-7-18-19(22(30)31-3)28-23(33-18)29-10-4-6-15(21(29)27)14(2)20(24)26/h8-9,12H,4-7,10-11,26-27H2,1-3H3/b20-14-. The molecule has 1 aliphatic heterocycles. The smallest absolute Gasteiger partial charge is 0.357 e. The molecule has 3 rings (SSSR count). The molecule has 0 bridgehead atoms. The number of allylic oxidation sites excluding steroid dienone is 2. The number of rotatable bonds is 8. The maximum Gasteiger partial charge on any atom is 0.357 e. The number of nitrogens with zero attached hydrogens (tertiary/aromatic N) is 2. The van der Waals surface area contributed by atoms with E-state index in [0.29, 0.717) is 36.9 Å². The van der Waals surface area contributed by atoms with Gasteiger partial charge in [0.15, 0.2) is 22.4 Å². The summed E-state index contributed by atoms with van der Waals surface area (Å²) in [7, 11) is 1.32. The third kappa shape index (κ3) is 5.78. The number of ether oxygens (including phenoxy) is 2. The lowest BCUT2D eigenvalue weighted by molar-refractivity contribution is 0.0593. The van der Waals surface area contributed by atoms with Crippen molar-refractivity contribution in [2.45, 2.75) is 39.5 Å². The first kappa shape index (κ1) is 24.9. The minimum absolute atomic E-state index is 0.204. The van der Waals surface area contributed by atoms with Crippen molar-refractivity contribution in [2.24, 2.45) is 11.5 Å². The Morgan fingerprint density at radius 3 is 2.82 bits per heavy atom. The molecule has 0 amide bonds. The molecule has 7 nitrogen and oxygen atoms in total. The molecule has 1 aliphatic rings. The Morgan fingerprint density at radius 2 is 2.15 bits per heavy atom. The minimum atomic E-state index is -0.515. The maximum absolute atomic E-state index is 14.0. The lowest BCUT2D eigenvalue weighted by Gasteiger charge is -2.29. The first-order valence-corrected chi connectivity index (χ1v) is 11.8. The number of thiazole rings is 1. The quantitative estimate of drug-likeness (QED) is 0.314. The molecule has 4 N–H and O–H groups in total. The van der Waals surface area contributed by atoms with Crippen LogP contribution in [0.25, 0.3) is 0 Å². The highest BCUT2D eigenvalue weighted by Crippen LogP contribution is 2.35. The summed E-state index contributed by atoms with van der Waals surface area (Å²) in [5.41, 5.74) is 14.9. The van der Waals surface area contributed by atoms with Gasteiger partial charge >= 0.3 is 5.97 Å². The van der Waals surface area contributed by atoms with Gasteiger partial charge in [-0.25, -0.2) is 14.2 Å². The fourth-order valence-electron chi connectivity index (χ4n) is 3.57. The van der Waals surface area contributed by atoms with Crippen molar-refractivity contribution in [3.8, 4) is 5.75 Å². The lowest BCUT2D eigenvalue weighted by atomic mass is 9.99. The number of nitrogens with two attached hydrogens (primary N) is 2. The number of carbonyl (C=O) groups excluding carboxylic acids is 1. The van der Waals surface area contributed by atoms with Crippen molar-refractivity contribution in [1.29, 1.82) is 0 Å². The van der Waals surface area contributed by atoms with Crippen molar-refractivity contribution in [2.75, 3.05) is 25.2 Å². The van der Waals surface area contributed by atoms with Gasteiger partial charge in [0.1, 0.15) is 11.0 Å². The van der Waals surface area contributed by atoms with Crippen molar-refractivity contribution in [3.05, 3.63) is 62.3 Å². The Labute approximate surface area is 201 Å². The average Bonchev–Trinajstić information content (AvgIpc) is 3.20. The maximum atomic E-state index is 14.0. The third-order valence-electron chi connectivity index (χ3n) is 5.41. The summed E-state index contributed by atoms with van der Waals surface area (Å²) < 4.78 is 24.5. The van der Waals surface area contributed by atoms with Crippen LogP contribution in [0.15, 0.2) is 40.3 Å². The summed E-state index contributed by atoms with van der Waals surface area (Å²) in [6.07, 6.45) is 2.69. The van der Waals surface area contributed by atoms with Crippen molar-refractivity contribution in [3.63, 3.8) is 0 Å². The summed E-state index contributed by atoms with van der Waals surface area (Å²) in [5.74, 6) is -0.175. The van der Waals surface area contributed by atoms with Crippen LogP contribution in [-0.4, -0.2) is 31.2 Å². The van der Waals surface area contributed by atoms with E-state index in [4.69, 9.17) is 32.5 Å². The van der Waals surface area contributed by atoms with Gasteiger partial charge in [0.05, 0.1) is 13.7 Å². The second-order valence-electron chi connectivity index (χ2n) is 7.74. The first-order valence-electron chi connectivity index (χ1n) is 10.6. The van der Waals surface area contributed by atoms with Crippen molar-refractivity contribution in [1.82, 2.24) is 4.98 Å². The number of hydrogen-bond acceptors (Lipinski definition) is 8. The van der Waals surface area contributed by atoms with Crippen LogP contribution >= 0.6 is 22.9 Å². The zero-order valence-corrected chi connectivity index (χ0v) is 20.5. The number of benzene rings is 1. The highest BCUT2D eigenvalue weighted by molar-refractivity contribution is 7.16. The van der Waals surface area contributed by atoms with E-state index in [0.717, 1.165) is 34.4 Å². The molecule has 2 heterocycles. The van der Waals surface area contributed by atoms with E-state index in [1.165, 1.54) is 24.5 Å². The molecule has 33 heavy (non-hydrogen) atoms. The van der Waals surface area contributed by atoms with Gasteiger partial charge in [0.2, 0.25) is 0 Å². The van der Waals surface area contributed by atoms with Crippen LogP contribution in [0.2, 0.25) is 0 Å². The van der Waals surface area contributed by atoms with E-state index in [1.807, 2.05) is 18.7 Å².